The van der Waals surface area contributed by atoms with E-state index >= 15 is 0 Å². The van der Waals surface area contributed by atoms with Crippen molar-refractivity contribution in [2.45, 2.75) is 44.0 Å². The highest BCUT2D eigenvalue weighted by atomic mass is 19.1. The van der Waals surface area contributed by atoms with Crippen LogP contribution in [0.25, 0.3) is 0 Å². The van der Waals surface area contributed by atoms with E-state index in [1.807, 2.05) is 0 Å². The number of hydrogen-bond donors (Lipinski definition) is 3. The van der Waals surface area contributed by atoms with Crippen molar-refractivity contribution in [3.05, 3.63) is 57.5 Å². The highest BCUT2D eigenvalue weighted by molar-refractivity contribution is 6.35. The molecule has 4 heterocycles. The normalized spacial score (nSPS) is 22.6. The van der Waals surface area contributed by atoms with Gasteiger partial charge in [0.15, 0.2) is 5.69 Å². The average Bonchev–Trinajstić information content (AvgIpc) is 3.01. The summed E-state index contributed by atoms with van der Waals surface area (Å²) in [6.45, 7) is 1.65. The van der Waals surface area contributed by atoms with Crippen LogP contribution in [-0.2, 0) is 26.4 Å². The standard InChI is InChI=1S/C23H26FN5O6/c1-12-15-8-9-23(11-35-15,27-19(32)21(34)28(2)3)22-26-16(17(30)20(33)29(12)22)18(31)25-10-13-4-6-14(24)7-5-13/h4-7,12,15,30H,8-11H2,1-3H3,(H,25,31)(H,27,32). The number of rotatable bonds is 4. The molecule has 0 radical (unpaired) electrons. The molecule has 3 atom stereocenters. The Labute approximate surface area is 199 Å². The fourth-order valence-electron chi connectivity index (χ4n) is 4.41. The van der Waals surface area contributed by atoms with Crippen molar-refractivity contribution in [3.63, 3.8) is 0 Å². The molecular weight excluding hydrogens is 461 g/mol. The van der Waals surface area contributed by atoms with E-state index in [0.717, 1.165) is 4.90 Å². The Balaban J connectivity index is 1.74. The molecule has 1 saturated heterocycles. The fraction of sp³-hybridized carbons (Fsp3) is 0.435. The van der Waals surface area contributed by atoms with Gasteiger partial charge in [0.1, 0.15) is 17.2 Å². The summed E-state index contributed by atoms with van der Waals surface area (Å²) < 4.78 is 20.3. The summed E-state index contributed by atoms with van der Waals surface area (Å²) >= 11 is 0. The number of carbonyl (C=O) groups is 3. The van der Waals surface area contributed by atoms with Crippen LogP contribution in [0.2, 0.25) is 0 Å². The lowest BCUT2D eigenvalue weighted by molar-refractivity contribution is -0.147. The minimum atomic E-state index is -1.36. The van der Waals surface area contributed by atoms with Crippen molar-refractivity contribution in [2.24, 2.45) is 0 Å². The summed E-state index contributed by atoms with van der Waals surface area (Å²) in [6, 6.07) is 4.91. The summed E-state index contributed by atoms with van der Waals surface area (Å²) in [4.78, 5) is 56.5. The van der Waals surface area contributed by atoms with Crippen molar-refractivity contribution in [1.82, 2.24) is 25.1 Å². The van der Waals surface area contributed by atoms with Gasteiger partial charge in [-0.1, -0.05) is 12.1 Å². The predicted molar refractivity (Wildman–Crippen MR) is 120 cm³/mol. The zero-order valence-corrected chi connectivity index (χ0v) is 19.5. The Bertz CT molecular complexity index is 1230. The Kier molecular flexibility index (Phi) is 6.32. The van der Waals surface area contributed by atoms with E-state index < -0.39 is 52.1 Å². The number of carbonyl (C=O) groups excluding carboxylic acids is 3. The second kappa shape index (κ2) is 9.10. The minimum absolute atomic E-state index is 0.000541. The SMILES string of the molecule is CC1C2CCC(NC(=O)C(=O)N(C)C)(CO2)c2nc(C(=O)NCc3ccc(F)cc3)c(O)c(=O)n21. The molecule has 1 aromatic carbocycles. The Morgan fingerprint density at radius 1 is 1.29 bits per heavy atom. The number of nitrogens with one attached hydrogen (secondary N) is 2. The van der Waals surface area contributed by atoms with E-state index in [1.165, 1.54) is 42.9 Å². The van der Waals surface area contributed by atoms with Gasteiger partial charge >= 0.3 is 11.8 Å². The van der Waals surface area contributed by atoms with Gasteiger partial charge in [0.2, 0.25) is 5.75 Å². The van der Waals surface area contributed by atoms with E-state index in [2.05, 4.69) is 15.6 Å². The van der Waals surface area contributed by atoms with Crippen molar-refractivity contribution in [3.8, 4) is 5.75 Å². The summed E-state index contributed by atoms with van der Waals surface area (Å²) in [7, 11) is 2.86. The third-order valence-corrected chi connectivity index (χ3v) is 6.40. The molecule has 5 rings (SSSR count). The highest BCUT2D eigenvalue weighted by Gasteiger charge is 2.49. The van der Waals surface area contributed by atoms with Crippen LogP contribution in [0, 0.1) is 5.82 Å². The van der Waals surface area contributed by atoms with Crippen LogP contribution in [-0.4, -0.2) is 64.1 Å². The predicted octanol–water partition coefficient (Wildman–Crippen LogP) is 0.171. The van der Waals surface area contributed by atoms with Crippen molar-refractivity contribution in [1.29, 1.82) is 0 Å². The number of aromatic hydroxyl groups is 1. The zero-order valence-electron chi connectivity index (χ0n) is 19.5. The maximum absolute atomic E-state index is 13.2. The van der Waals surface area contributed by atoms with Crippen molar-refractivity contribution in [2.75, 3.05) is 20.7 Å². The number of hydrogen-bond acceptors (Lipinski definition) is 7. The van der Waals surface area contributed by atoms with Crippen LogP contribution < -0.4 is 16.2 Å². The lowest BCUT2D eigenvalue weighted by Gasteiger charge is -2.36. The second-order valence-electron chi connectivity index (χ2n) is 8.98. The topological polar surface area (TPSA) is 143 Å². The molecule has 3 unspecified atom stereocenters. The number of nitrogens with zero attached hydrogens (tertiary/aromatic N) is 3. The molecule has 0 saturated carbocycles. The van der Waals surface area contributed by atoms with E-state index in [9.17, 15) is 28.7 Å². The summed E-state index contributed by atoms with van der Waals surface area (Å²) in [5, 5.41) is 15.8. The molecule has 2 bridgehead atoms. The van der Waals surface area contributed by atoms with Gasteiger partial charge < -0.3 is 25.4 Å². The second-order valence-corrected chi connectivity index (χ2v) is 8.98. The maximum Gasteiger partial charge on any atom is 0.311 e. The van der Waals surface area contributed by atoms with Crippen LogP contribution >= 0.6 is 0 Å². The molecule has 3 aliphatic heterocycles. The van der Waals surface area contributed by atoms with Crippen LogP contribution in [0.5, 0.6) is 5.75 Å². The molecule has 3 amide bonds. The van der Waals surface area contributed by atoms with Gasteiger partial charge in [-0.05, 0) is 37.5 Å². The van der Waals surface area contributed by atoms with E-state index in [1.54, 1.807) is 6.92 Å². The molecule has 11 nitrogen and oxygen atoms in total. The van der Waals surface area contributed by atoms with Gasteiger partial charge in [0, 0.05) is 20.6 Å². The van der Waals surface area contributed by atoms with Crippen LogP contribution in [0.4, 0.5) is 4.39 Å². The molecule has 0 spiro atoms. The number of ether oxygens (including phenoxy) is 1. The van der Waals surface area contributed by atoms with Crippen LogP contribution in [0.3, 0.4) is 0 Å². The zero-order chi connectivity index (χ0) is 25.5. The molecular formula is C23H26FN5O6. The van der Waals surface area contributed by atoms with Crippen molar-refractivity contribution >= 4 is 17.7 Å². The quantitative estimate of drug-likeness (QED) is 0.522. The first-order chi connectivity index (χ1) is 16.5. The number of likely N-dealkylation sites (N-methyl/N-ethyl adjacent to an activating group) is 1. The van der Waals surface area contributed by atoms with Crippen molar-refractivity contribution < 1.29 is 28.6 Å². The average molecular weight is 487 g/mol. The molecule has 0 aliphatic carbocycles. The van der Waals surface area contributed by atoms with Crippen LogP contribution in [0.1, 0.15) is 47.7 Å². The van der Waals surface area contributed by atoms with E-state index in [0.29, 0.717) is 18.4 Å². The Hall–Kier alpha value is -3.80. The summed E-state index contributed by atoms with van der Waals surface area (Å²) in [5.74, 6) is -3.79. The molecule has 12 heteroatoms. The number of benzene rings is 1. The minimum Gasteiger partial charge on any atom is -0.501 e. The largest absolute Gasteiger partial charge is 0.501 e. The third-order valence-electron chi connectivity index (χ3n) is 6.40. The molecule has 1 aromatic heterocycles. The molecule has 186 valence electrons. The first kappa shape index (κ1) is 24.3. The van der Waals surface area contributed by atoms with Gasteiger partial charge in [0.05, 0.1) is 18.8 Å². The first-order valence-corrected chi connectivity index (χ1v) is 11.1. The summed E-state index contributed by atoms with van der Waals surface area (Å²) in [5.41, 5.74) is -2.14. The first-order valence-electron chi connectivity index (χ1n) is 11.1. The van der Waals surface area contributed by atoms with Gasteiger partial charge in [-0.2, -0.15) is 0 Å². The molecule has 3 N–H and O–H groups in total. The van der Waals surface area contributed by atoms with Gasteiger partial charge in [-0.15, -0.1) is 0 Å². The maximum atomic E-state index is 13.2. The Morgan fingerprint density at radius 3 is 2.57 bits per heavy atom. The van der Waals surface area contributed by atoms with E-state index in [-0.39, 0.29) is 25.1 Å². The number of aromatic nitrogens is 2. The molecule has 2 aromatic rings. The highest BCUT2D eigenvalue weighted by Crippen LogP contribution is 2.40. The Morgan fingerprint density at radius 2 is 1.97 bits per heavy atom. The van der Waals surface area contributed by atoms with Crippen LogP contribution in [0.15, 0.2) is 29.1 Å². The molecule has 1 fully saturated rings. The number of amides is 3. The van der Waals surface area contributed by atoms with Gasteiger partial charge in [0.25, 0.3) is 11.5 Å². The third kappa shape index (κ3) is 4.36. The smallest absolute Gasteiger partial charge is 0.311 e. The van der Waals surface area contributed by atoms with E-state index in [4.69, 9.17) is 4.74 Å². The number of fused-ring (bicyclic) bond motifs is 2. The monoisotopic (exact) mass is 487 g/mol. The molecule has 35 heavy (non-hydrogen) atoms. The van der Waals surface area contributed by atoms with Gasteiger partial charge in [-0.25, -0.2) is 9.37 Å². The number of halogens is 1. The summed E-state index contributed by atoms with van der Waals surface area (Å²) in [6.07, 6.45) is 0.373. The lowest BCUT2D eigenvalue weighted by atomic mass is 9.89. The fourth-order valence-corrected chi connectivity index (χ4v) is 4.41. The van der Waals surface area contributed by atoms with Gasteiger partial charge in [-0.3, -0.25) is 23.7 Å². The molecule has 3 aliphatic rings. The lowest BCUT2D eigenvalue weighted by Crippen LogP contribution is -2.56.